The normalized spacial score (nSPS) is 10.9. The van der Waals surface area contributed by atoms with E-state index in [2.05, 4.69) is 34.6 Å². The molecule has 0 radical (unpaired) electrons. The second-order valence-electron chi connectivity index (χ2n) is 4.36. The Morgan fingerprint density at radius 2 is 2.06 bits per heavy atom. The number of rotatable bonds is 3. The van der Waals surface area contributed by atoms with E-state index in [1.165, 1.54) is 0 Å². The highest BCUT2D eigenvalue weighted by molar-refractivity contribution is 14.1. The van der Waals surface area contributed by atoms with Crippen LogP contribution in [0.5, 0.6) is 0 Å². The lowest BCUT2D eigenvalue weighted by atomic mass is 10.3. The number of halogens is 1. The molecule has 4 nitrogen and oxygen atoms in total. The van der Waals surface area contributed by atoms with Crippen LogP contribution in [-0.2, 0) is 13.1 Å². The monoisotopic (exact) mass is 357 g/mol. The highest BCUT2D eigenvalue weighted by Crippen LogP contribution is 2.10. The molecular formula is C13H16IN3O. The van der Waals surface area contributed by atoms with Crippen LogP contribution in [0.4, 0.5) is 0 Å². The molecule has 0 spiro atoms. The second-order valence-corrected chi connectivity index (χ2v) is 5.53. The molecule has 18 heavy (non-hydrogen) atoms. The van der Waals surface area contributed by atoms with Crippen molar-refractivity contribution < 1.29 is 0 Å². The molecule has 0 saturated carbocycles. The number of hydrogen-bond donors (Lipinski definition) is 0. The molecule has 0 aromatic carbocycles. The lowest BCUT2D eigenvalue weighted by molar-refractivity contribution is 0.591. The van der Waals surface area contributed by atoms with Crippen LogP contribution in [0.25, 0.3) is 0 Å². The zero-order chi connectivity index (χ0) is 13.3. The summed E-state index contributed by atoms with van der Waals surface area (Å²) in [5.74, 6) is 0. The van der Waals surface area contributed by atoms with Gasteiger partial charge in [0.25, 0.3) is 5.56 Å². The average molecular weight is 357 g/mol. The van der Waals surface area contributed by atoms with Gasteiger partial charge in [0.1, 0.15) is 0 Å². The fourth-order valence-electron chi connectivity index (χ4n) is 1.94. The molecular weight excluding hydrogens is 341 g/mol. The van der Waals surface area contributed by atoms with Crippen LogP contribution in [0, 0.1) is 17.4 Å². The van der Waals surface area contributed by atoms with Crippen LogP contribution >= 0.6 is 22.6 Å². The van der Waals surface area contributed by atoms with Crippen molar-refractivity contribution in [3.05, 3.63) is 49.2 Å². The summed E-state index contributed by atoms with van der Waals surface area (Å²) in [7, 11) is 0. The second kappa shape index (κ2) is 5.26. The van der Waals surface area contributed by atoms with Gasteiger partial charge in [0.15, 0.2) is 0 Å². The van der Waals surface area contributed by atoms with Crippen molar-refractivity contribution in [1.82, 2.24) is 14.3 Å². The van der Waals surface area contributed by atoms with Gasteiger partial charge in [0.05, 0.1) is 17.9 Å². The maximum Gasteiger partial charge on any atom is 0.251 e. The van der Waals surface area contributed by atoms with Crippen molar-refractivity contribution >= 4 is 22.6 Å². The molecule has 0 saturated heterocycles. The standard InChI is InChI=1S/C13H16IN3O/c1-4-17-11(6-10(3)15-17)7-16-8-12(14)9(2)5-13(16)18/h5-6,8H,4,7H2,1-3H3. The Morgan fingerprint density at radius 1 is 1.33 bits per heavy atom. The third-order valence-corrected chi connectivity index (χ3v) is 4.02. The molecule has 0 unspecified atom stereocenters. The largest absolute Gasteiger partial charge is 0.308 e. The van der Waals surface area contributed by atoms with E-state index < -0.39 is 0 Å². The SMILES string of the molecule is CCn1nc(C)cc1Cn1cc(I)c(C)cc1=O. The van der Waals surface area contributed by atoms with Gasteiger partial charge in [0.2, 0.25) is 0 Å². The summed E-state index contributed by atoms with van der Waals surface area (Å²) in [5, 5.41) is 4.39. The fraction of sp³-hybridized carbons (Fsp3) is 0.385. The third-order valence-electron chi connectivity index (χ3n) is 2.89. The summed E-state index contributed by atoms with van der Waals surface area (Å²) in [5.41, 5.74) is 3.12. The Balaban J connectivity index is 2.39. The molecule has 0 bridgehead atoms. The third kappa shape index (κ3) is 2.66. The van der Waals surface area contributed by atoms with Gasteiger partial charge >= 0.3 is 0 Å². The van der Waals surface area contributed by atoms with Crippen LogP contribution < -0.4 is 5.56 Å². The highest BCUT2D eigenvalue weighted by Gasteiger charge is 2.07. The summed E-state index contributed by atoms with van der Waals surface area (Å²) in [4.78, 5) is 11.9. The van der Waals surface area contributed by atoms with E-state index in [-0.39, 0.29) is 5.56 Å². The van der Waals surface area contributed by atoms with Gasteiger partial charge in [-0.05, 0) is 55.0 Å². The Bertz CT molecular complexity index is 628. The molecule has 2 heterocycles. The first-order valence-electron chi connectivity index (χ1n) is 5.91. The number of nitrogens with zero attached hydrogens (tertiary/aromatic N) is 3. The quantitative estimate of drug-likeness (QED) is 0.792. The van der Waals surface area contributed by atoms with Gasteiger partial charge < -0.3 is 4.57 Å². The van der Waals surface area contributed by atoms with Crippen molar-refractivity contribution in [3.8, 4) is 0 Å². The predicted octanol–water partition coefficient (Wildman–Crippen LogP) is 2.33. The topological polar surface area (TPSA) is 39.8 Å². The molecule has 2 aromatic rings. The molecule has 0 fully saturated rings. The van der Waals surface area contributed by atoms with Crippen LogP contribution in [0.3, 0.4) is 0 Å². The first-order valence-corrected chi connectivity index (χ1v) is 6.99. The Kier molecular flexibility index (Phi) is 3.89. The van der Waals surface area contributed by atoms with E-state index in [1.54, 1.807) is 10.6 Å². The maximum atomic E-state index is 11.9. The molecule has 0 atom stereocenters. The minimum absolute atomic E-state index is 0.0365. The molecule has 5 heteroatoms. The van der Waals surface area contributed by atoms with Gasteiger partial charge in [-0.25, -0.2) is 0 Å². The minimum Gasteiger partial charge on any atom is -0.308 e. The van der Waals surface area contributed by atoms with E-state index in [1.807, 2.05) is 30.8 Å². The number of pyridine rings is 1. The fourth-order valence-corrected chi connectivity index (χ4v) is 2.43. The maximum absolute atomic E-state index is 11.9. The van der Waals surface area contributed by atoms with Gasteiger partial charge in [-0.1, -0.05) is 0 Å². The van der Waals surface area contributed by atoms with Gasteiger partial charge in [0, 0.05) is 22.4 Å². The Labute approximate surface area is 120 Å². The summed E-state index contributed by atoms with van der Waals surface area (Å²) in [6.07, 6.45) is 1.90. The summed E-state index contributed by atoms with van der Waals surface area (Å²) < 4.78 is 4.78. The summed E-state index contributed by atoms with van der Waals surface area (Å²) in [6.45, 7) is 7.37. The van der Waals surface area contributed by atoms with Crippen molar-refractivity contribution in [2.75, 3.05) is 0 Å². The van der Waals surface area contributed by atoms with Crippen LogP contribution in [0.15, 0.2) is 23.1 Å². The van der Waals surface area contributed by atoms with Gasteiger partial charge in [-0.2, -0.15) is 5.10 Å². The van der Waals surface area contributed by atoms with Gasteiger partial charge in [-0.3, -0.25) is 9.48 Å². The van der Waals surface area contributed by atoms with Crippen LogP contribution in [-0.4, -0.2) is 14.3 Å². The van der Waals surface area contributed by atoms with Crippen molar-refractivity contribution in [3.63, 3.8) is 0 Å². The van der Waals surface area contributed by atoms with E-state index in [0.29, 0.717) is 6.54 Å². The first kappa shape index (κ1) is 13.3. The predicted molar refractivity (Wildman–Crippen MR) is 79.9 cm³/mol. The van der Waals surface area contributed by atoms with E-state index >= 15 is 0 Å². The number of aromatic nitrogens is 3. The lowest BCUT2D eigenvalue weighted by Crippen LogP contribution is -2.22. The summed E-state index contributed by atoms with van der Waals surface area (Å²) >= 11 is 2.25. The number of aryl methyl sites for hydroxylation is 3. The molecule has 0 aliphatic rings. The zero-order valence-corrected chi connectivity index (χ0v) is 12.9. The molecule has 0 aliphatic heterocycles. The number of hydrogen-bond acceptors (Lipinski definition) is 2. The lowest BCUT2D eigenvalue weighted by Gasteiger charge is -2.09. The molecule has 0 N–H and O–H groups in total. The Hall–Kier alpha value is -1.11. The minimum atomic E-state index is 0.0365. The molecule has 2 aromatic heterocycles. The highest BCUT2D eigenvalue weighted by atomic mass is 127. The van der Waals surface area contributed by atoms with Crippen LogP contribution in [0.2, 0.25) is 0 Å². The van der Waals surface area contributed by atoms with E-state index in [9.17, 15) is 4.79 Å². The molecule has 0 aliphatic carbocycles. The molecule has 96 valence electrons. The van der Waals surface area contributed by atoms with Crippen molar-refractivity contribution in [2.45, 2.75) is 33.9 Å². The Morgan fingerprint density at radius 3 is 2.72 bits per heavy atom. The average Bonchev–Trinajstić information content (AvgIpc) is 2.66. The molecule has 0 amide bonds. The zero-order valence-electron chi connectivity index (χ0n) is 10.8. The van der Waals surface area contributed by atoms with Crippen molar-refractivity contribution in [1.29, 1.82) is 0 Å². The van der Waals surface area contributed by atoms with Crippen molar-refractivity contribution in [2.24, 2.45) is 0 Å². The van der Waals surface area contributed by atoms with E-state index in [0.717, 1.165) is 27.1 Å². The van der Waals surface area contributed by atoms with Gasteiger partial charge in [-0.15, -0.1) is 0 Å². The first-order chi connectivity index (χ1) is 8.51. The summed E-state index contributed by atoms with van der Waals surface area (Å²) in [6, 6.07) is 3.71. The smallest absolute Gasteiger partial charge is 0.251 e. The van der Waals surface area contributed by atoms with Crippen LogP contribution in [0.1, 0.15) is 23.9 Å². The van der Waals surface area contributed by atoms with E-state index in [4.69, 9.17) is 0 Å². The molecule has 2 rings (SSSR count).